The quantitative estimate of drug-likeness (QED) is 0.589. The van der Waals surface area contributed by atoms with Gasteiger partial charge < -0.3 is 10.1 Å². The lowest BCUT2D eigenvalue weighted by Crippen LogP contribution is -2.25. The second-order valence-corrected chi connectivity index (χ2v) is 3.87. The standard InChI is InChI=1S/C12H17NO2S/c1-2-15-8-4-7-13-12(14)10-5-3-6-11(16)9-10/h3,5-6,9,16H,2,4,7-8H2,1H3,(H,13,14). The van der Waals surface area contributed by atoms with Crippen LogP contribution in [0.3, 0.4) is 0 Å². The van der Waals surface area contributed by atoms with Gasteiger partial charge in [0.1, 0.15) is 0 Å². The highest BCUT2D eigenvalue weighted by Gasteiger charge is 2.03. The molecule has 16 heavy (non-hydrogen) atoms. The molecule has 0 aliphatic rings. The second kappa shape index (κ2) is 7.30. The summed E-state index contributed by atoms with van der Waals surface area (Å²) in [5, 5.41) is 2.83. The van der Waals surface area contributed by atoms with Crippen molar-refractivity contribution >= 4 is 18.5 Å². The number of carbonyl (C=O) groups is 1. The Balaban J connectivity index is 2.30. The molecule has 1 amide bonds. The van der Waals surface area contributed by atoms with E-state index in [0.29, 0.717) is 18.7 Å². The topological polar surface area (TPSA) is 38.3 Å². The summed E-state index contributed by atoms with van der Waals surface area (Å²) in [6.45, 7) is 3.99. The Kier molecular flexibility index (Phi) is 5.96. The first-order chi connectivity index (χ1) is 7.74. The highest BCUT2D eigenvalue weighted by atomic mass is 32.1. The maximum Gasteiger partial charge on any atom is 0.251 e. The van der Waals surface area contributed by atoms with E-state index < -0.39 is 0 Å². The first-order valence-electron chi connectivity index (χ1n) is 5.39. The maximum atomic E-state index is 11.6. The summed E-state index contributed by atoms with van der Waals surface area (Å²) >= 11 is 4.19. The minimum Gasteiger partial charge on any atom is -0.382 e. The Labute approximate surface area is 102 Å². The van der Waals surface area contributed by atoms with Gasteiger partial charge in [0.15, 0.2) is 0 Å². The van der Waals surface area contributed by atoms with E-state index in [1.807, 2.05) is 19.1 Å². The molecule has 0 fully saturated rings. The zero-order valence-electron chi connectivity index (χ0n) is 9.40. The lowest BCUT2D eigenvalue weighted by atomic mass is 10.2. The highest BCUT2D eigenvalue weighted by molar-refractivity contribution is 7.80. The van der Waals surface area contributed by atoms with Crippen LogP contribution in [0.5, 0.6) is 0 Å². The van der Waals surface area contributed by atoms with Gasteiger partial charge in [-0.05, 0) is 31.5 Å². The molecule has 0 aliphatic heterocycles. The SMILES string of the molecule is CCOCCCNC(=O)c1cccc(S)c1. The third kappa shape index (κ3) is 4.68. The van der Waals surface area contributed by atoms with Crippen LogP contribution in [-0.2, 0) is 4.74 Å². The third-order valence-corrected chi connectivity index (χ3v) is 2.34. The summed E-state index contributed by atoms with van der Waals surface area (Å²) in [6, 6.07) is 7.19. The molecule has 0 bridgehead atoms. The summed E-state index contributed by atoms with van der Waals surface area (Å²) < 4.78 is 5.18. The molecule has 0 spiro atoms. The number of carbonyl (C=O) groups excluding carboxylic acids is 1. The molecule has 0 atom stereocenters. The molecule has 1 N–H and O–H groups in total. The number of hydrogen-bond donors (Lipinski definition) is 2. The van der Waals surface area contributed by atoms with E-state index in [1.54, 1.807) is 12.1 Å². The molecule has 0 saturated carbocycles. The molecule has 4 heteroatoms. The van der Waals surface area contributed by atoms with Gasteiger partial charge in [0, 0.05) is 30.2 Å². The molecule has 88 valence electrons. The predicted octanol–water partition coefficient (Wildman–Crippen LogP) is 2.13. The number of thiol groups is 1. The van der Waals surface area contributed by atoms with Crippen molar-refractivity contribution in [2.75, 3.05) is 19.8 Å². The van der Waals surface area contributed by atoms with Gasteiger partial charge in [-0.15, -0.1) is 12.6 Å². The average molecular weight is 239 g/mol. The number of ether oxygens (including phenoxy) is 1. The van der Waals surface area contributed by atoms with Crippen LogP contribution in [0.2, 0.25) is 0 Å². The van der Waals surface area contributed by atoms with Crippen LogP contribution in [0.1, 0.15) is 23.7 Å². The molecule has 1 aromatic rings. The fraction of sp³-hybridized carbons (Fsp3) is 0.417. The Bertz CT molecular complexity index is 342. The van der Waals surface area contributed by atoms with Crippen molar-refractivity contribution in [3.05, 3.63) is 29.8 Å². The summed E-state index contributed by atoms with van der Waals surface area (Å²) in [5.74, 6) is -0.0626. The van der Waals surface area contributed by atoms with Gasteiger partial charge >= 0.3 is 0 Å². The van der Waals surface area contributed by atoms with Crippen molar-refractivity contribution in [3.63, 3.8) is 0 Å². The molecule has 0 unspecified atom stereocenters. The monoisotopic (exact) mass is 239 g/mol. The lowest BCUT2D eigenvalue weighted by Gasteiger charge is -2.05. The van der Waals surface area contributed by atoms with Crippen LogP contribution in [0, 0.1) is 0 Å². The molecule has 1 rings (SSSR count). The first kappa shape index (κ1) is 13.1. The van der Waals surface area contributed by atoms with Crippen molar-refractivity contribution in [2.45, 2.75) is 18.2 Å². The molecule has 0 aliphatic carbocycles. The molecule has 3 nitrogen and oxygen atoms in total. The van der Waals surface area contributed by atoms with Gasteiger partial charge in [-0.25, -0.2) is 0 Å². The first-order valence-corrected chi connectivity index (χ1v) is 5.83. The zero-order chi connectivity index (χ0) is 11.8. The van der Waals surface area contributed by atoms with Gasteiger partial charge in [0.05, 0.1) is 0 Å². The summed E-state index contributed by atoms with van der Waals surface area (Å²) in [5.41, 5.74) is 0.643. The van der Waals surface area contributed by atoms with Gasteiger partial charge in [-0.1, -0.05) is 6.07 Å². The van der Waals surface area contributed by atoms with Crippen LogP contribution in [-0.4, -0.2) is 25.7 Å². The second-order valence-electron chi connectivity index (χ2n) is 3.36. The Morgan fingerprint density at radius 1 is 1.50 bits per heavy atom. The molecule has 0 aromatic heterocycles. The van der Waals surface area contributed by atoms with Gasteiger partial charge in [-0.2, -0.15) is 0 Å². The van der Waals surface area contributed by atoms with Crippen molar-refractivity contribution in [1.82, 2.24) is 5.32 Å². The van der Waals surface area contributed by atoms with Gasteiger partial charge in [-0.3, -0.25) is 4.79 Å². The number of benzene rings is 1. The van der Waals surface area contributed by atoms with Crippen molar-refractivity contribution in [3.8, 4) is 0 Å². The van der Waals surface area contributed by atoms with Crippen molar-refractivity contribution in [2.24, 2.45) is 0 Å². The van der Waals surface area contributed by atoms with E-state index in [1.165, 1.54) is 0 Å². The van der Waals surface area contributed by atoms with Crippen LogP contribution < -0.4 is 5.32 Å². The smallest absolute Gasteiger partial charge is 0.251 e. The molecular weight excluding hydrogens is 222 g/mol. The van der Waals surface area contributed by atoms with E-state index in [9.17, 15) is 4.79 Å². The van der Waals surface area contributed by atoms with E-state index in [2.05, 4.69) is 17.9 Å². The van der Waals surface area contributed by atoms with Crippen molar-refractivity contribution < 1.29 is 9.53 Å². The summed E-state index contributed by atoms with van der Waals surface area (Å²) in [6.07, 6.45) is 0.833. The lowest BCUT2D eigenvalue weighted by molar-refractivity contribution is 0.0944. The fourth-order valence-corrected chi connectivity index (χ4v) is 1.49. The molecule has 0 saturated heterocycles. The van der Waals surface area contributed by atoms with Gasteiger partial charge in [0.2, 0.25) is 0 Å². The summed E-state index contributed by atoms with van der Waals surface area (Å²) in [7, 11) is 0. The van der Waals surface area contributed by atoms with E-state index >= 15 is 0 Å². The van der Waals surface area contributed by atoms with Crippen LogP contribution in [0.15, 0.2) is 29.2 Å². The van der Waals surface area contributed by atoms with Crippen molar-refractivity contribution in [1.29, 1.82) is 0 Å². The largest absolute Gasteiger partial charge is 0.382 e. The van der Waals surface area contributed by atoms with Crippen LogP contribution >= 0.6 is 12.6 Å². The number of rotatable bonds is 6. The van der Waals surface area contributed by atoms with Crippen LogP contribution in [0.25, 0.3) is 0 Å². The Morgan fingerprint density at radius 2 is 2.31 bits per heavy atom. The maximum absolute atomic E-state index is 11.6. The zero-order valence-corrected chi connectivity index (χ0v) is 10.3. The molecule has 0 heterocycles. The highest BCUT2D eigenvalue weighted by Crippen LogP contribution is 2.08. The molecule has 1 aromatic carbocycles. The number of hydrogen-bond acceptors (Lipinski definition) is 3. The normalized spacial score (nSPS) is 10.1. The molecular formula is C12H17NO2S. The van der Waals surface area contributed by atoms with E-state index in [4.69, 9.17) is 4.74 Å². The van der Waals surface area contributed by atoms with Gasteiger partial charge in [0.25, 0.3) is 5.91 Å². The fourth-order valence-electron chi connectivity index (χ4n) is 1.27. The third-order valence-electron chi connectivity index (χ3n) is 2.06. The Hall–Kier alpha value is -1.00. The number of nitrogens with one attached hydrogen (secondary N) is 1. The van der Waals surface area contributed by atoms with E-state index in [0.717, 1.165) is 17.9 Å². The summed E-state index contributed by atoms with van der Waals surface area (Å²) in [4.78, 5) is 12.4. The van der Waals surface area contributed by atoms with E-state index in [-0.39, 0.29) is 5.91 Å². The average Bonchev–Trinajstić information content (AvgIpc) is 2.28. The molecule has 0 radical (unpaired) electrons. The minimum absolute atomic E-state index is 0.0626. The van der Waals surface area contributed by atoms with Crippen LogP contribution in [0.4, 0.5) is 0 Å². The minimum atomic E-state index is -0.0626. The number of amides is 1. The predicted molar refractivity (Wildman–Crippen MR) is 67.1 cm³/mol. The Morgan fingerprint density at radius 3 is 3.00 bits per heavy atom.